The molecule has 2 N–H and O–H groups in total. The average molecular weight is 457 g/mol. The van der Waals surface area contributed by atoms with E-state index in [4.69, 9.17) is 22.6 Å². The van der Waals surface area contributed by atoms with Crippen molar-refractivity contribution in [1.82, 2.24) is 14.7 Å². The van der Waals surface area contributed by atoms with Gasteiger partial charge in [0.05, 0.1) is 11.7 Å². The number of thiocarbonyl (C=S) groups is 1. The smallest absolute Gasteiger partial charge is 0.124 e. The third-order valence-electron chi connectivity index (χ3n) is 6.42. The van der Waals surface area contributed by atoms with Crippen LogP contribution >= 0.6 is 12.2 Å². The summed E-state index contributed by atoms with van der Waals surface area (Å²) >= 11 is 5.83. The van der Waals surface area contributed by atoms with Gasteiger partial charge in [-0.15, -0.1) is 0 Å². The Balaban J connectivity index is 1.82. The van der Waals surface area contributed by atoms with Gasteiger partial charge in [-0.1, -0.05) is 44.3 Å². The Hall–Kier alpha value is -1.99. The van der Waals surface area contributed by atoms with Crippen LogP contribution in [0.2, 0.25) is 0 Å². The van der Waals surface area contributed by atoms with Crippen molar-refractivity contribution in [2.24, 2.45) is 22.7 Å². The van der Waals surface area contributed by atoms with Gasteiger partial charge < -0.3 is 20.0 Å². The van der Waals surface area contributed by atoms with Gasteiger partial charge in [0, 0.05) is 31.9 Å². The number of hydrogen-bond acceptors (Lipinski definition) is 4. The van der Waals surface area contributed by atoms with E-state index in [9.17, 15) is 0 Å². The van der Waals surface area contributed by atoms with Crippen molar-refractivity contribution in [3.05, 3.63) is 30.3 Å². The maximum absolute atomic E-state index is 8.99. The van der Waals surface area contributed by atoms with Crippen molar-refractivity contribution >= 4 is 34.6 Å². The van der Waals surface area contributed by atoms with E-state index in [1.807, 2.05) is 37.4 Å². The quantitative estimate of drug-likeness (QED) is 0.362. The van der Waals surface area contributed by atoms with Crippen LogP contribution in [0.3, 0.4) is 0 Å². The molecular formula is C25H40N6S. The van der Waals surface area contributed by atoms with E-state index in [1.54, 1.807) is 0 Å². The topological polar surface area (TPSA) is 58.0 Å². The van der Waals surface area contributed by atoms with E-state index in [2.05, 4.69) is 47.7 Å². The molecule has 0 aromatic heterocycles. The molecule has 2 aliphatic heterocycles. The molecule has 0 amide bonds. The molecule has 0 bridgehead atoms. The minimum absolute atomic E-state index is 0.321. The molecule has 2 saturated heterocycles. The van der Waals surface area contributed by atoms with Gasteiger partial charge in [-0.3, -0.25) is 10.4 Å². The monoisotopic (exact) mass is 456 g/mol. The first-order valence-corrected chi connectivity index (χ1v) is 12.4. The molecule has 32 heavy (non-hydrogen) atoms. The molecule has 3 rings (SSSR count). The van der Waals surface area contributed by atoms with Crippen molar-refractivity contribution in [1.29, 1.82) is 5.41 Å². The van der Waals surface area contributed by atoms with Crippen molar-refractivity contribution in [2.75, 3.05) is 45.2 Å². The van der Waals surface area contributed by atoms with Gasteiger partial charge in [0.25, 0.3) is 0 Å². The van der Waals surface area contributed by atoms with E-state index >= 15 is 0 Å². The standard InChI is InChI=1S/C25H40N6S/c1-18(2)16-31-17-29(5)25(32)22(23(31)26)24(28-21-9-7-6-8-10-21)27-15-20-11-13-30(14-12-20)19(3)4/h6-10,18-20,22,26H,11-17H2,1-5H3,(H,27,28). The number of piperidine rings is 1. The van der Waals surface area contributed by atoms with Crippen LogP contribution in [0.25, 0.3) is 0 Å². The Bertz CT molecular complexity index is 798. The zero-order valence-electron chi connectivity index (χ0n) is 20.3. The van der Waals surface area contributed by atoms with E-state index in [0.29, 0.717) is 30.4 Å². The first-order chi connectivity index (χ1) is 15.3. The minimum Gasteiger partial charge on any atom is -0.350 e. The average Bonchev–Trinajstić information content (AvgIpc) is 2.76. The fraction of sp³-hybridized carbons (Fsp3) is 0.640. The number of rotatable bonds is 7. The van der Waals surface area contributed by atoms with E-state index in [-0.39, 0.29) is 5.92 Å². The number of hydrogen-bond donors (Lipinski definition) is 2. The Morgan fingerprint density at radius 2 is 1.81 bits per heavy atom. The van der Waals surface area contributed by atoms with Gasteiger partial charge in [-0.05, 0) is 63.7 Å². The summed E-state index contributed by atoms with van der Waals surface area (Å²) in [6, 6.07) is 10.7. The fourth-order valence-corrected chi connectivity index (χ4v) is 4.80. The predicted octanol–water partition coefficient (Wildman–Crippen LogP) is 4.40. The fourth-order valence-electron chi connectivity index (χ4n) is 4.52. The first kappa shape index (κ1) is 24.6. The third kappa shape index (κ3) is 6.29. The largest absolute Gasteiger partial charge is 0.350 e. The van der Waals surface area contributed by atoms with Crippen molar-refractivity contribution in [3.63, 3.8) is 0 Å². The van der Waals surface area contributed by atoms with Crippen LogP contribution in [0, 0.1) is 23.2 Å². The van der Waals surface area contributed by atoms with Gasteiger partial charge in [0.1, 0.15) is 17.6 Å². The molecule has 0 spiro atoms. The van der Waals surface area contributed by atoms with Gasteiger partial charge >= 0.3 is 0 Å². The lowest BCUT2D eigenvalue weighted by molar-refractivity contribution is 0.152. The second-order valence-electron chi connectivity index (χ2n) is 9.90. The Labute approximate surface area is 199 Å². The highest BCUT2D eigenvalue weighted by atomic mass is 32.1. The van der Waals surface area contributed by atoms with Gasteiger partial charge in [0.15, 0.2) is 0 Å². The first-order valence-electron chi connectivity index (χ1n) is 11.9. The second-order valence-corrected chi connectivity index (χ2v) is 10.3. The third-order valence-corrected chi connectivity index (χ3v) is 6.97. The maximum Gasteiger partial charge on any atom is 0.124 e. The molecule has 2 heterocycles. The summed E-state index contributed by atoms with van der Waals surface area (Å²) in [4.78, 5) is 12.6. The summed E-state index contributed by atoms with van der Waals surface area (Å²) in [5, 5.41) is 12.5. The summed E-state index contributed by atoms with van der Waals surface area (Å²) < 4.78 is 0. The second kappa shape index (κ2) is 11.2. The molecular weight excluding hydrogens is 416 g/mol. The van der Waals surface area contributed by atoms with Gasteiger partial charge in [-0.25, -0.2) is 0 Å². The Morgan fingerprint density at radius 3 is 2.41 bits per heavy atom. The lowest BCUT2D eigenvalue weighted by Crippen LogP contribution is -2.58. The zero-order valence-corrected chi connectivity index (χ0v) is 21.2. The number of benzene rings is 1. The molecule has 2 aliphatic rings. The summed E-state index contributed by atoms with van der Waals surface area (Å²) in [6.45, 7) is 13.5. The van der Waals surface area contributed by atoms with Crippen molar-refractivity contribution in [3.8, 4) is 0 Å². The lowest BCUT2D eigenvalue weighted by Gasteiger charge is -2.42. The molecule has 1 aromatic carbocycles. The molecule has 7 heteroatoms. The number of nitrogens with one attached hydrogen (secondary N) is 2. The van der Waals surface area contributed by atoms with Crippen LogP contribution in [-0.2, 0) is 0 Å². The highest BCUT2D eigenvalue weighted by Gasteiger charge is 2.37. The summed E-state index contributed by atoms with van der Waals surface area (Å²) in [5.41, 5.74) is 0.986. The van der Waals surface area contributed by atoms with Crippen molar-refractivity contribution in [2.45, 2.75) is 46.6 Å². The van der Waals surface area contributed by atoms with Gasteiger partial charge in [-0.2, -0.15) is 0 Å². The number of aliphatic imine (C=N–C) groups is 1. The van der Waals surface area contributed by atoms with Crippen LogP contribution < -0.4 is 5.32 Å². The van der Waals surface area contributed by atoms with Crippen LogP contribution in [-0.4, -0.2) is 77.3 Å². The summed E-state index contributed by atoms with van der Waals surface area (Å²) in [5.74, 6) is 2.09. The molecule has 176 valence electrons. The molecule has 6 nitrogen and oxygen atoms in total. The molecule has 1 unspecified atom stereocenters. The summed E-state index contributed by atoms with van der Waals surface area (Å²) in [6.07, 6.45) is 2.35. The van der Waals surface area contributed by atoms with E-state index in [0.717, 1.165) is 42.7 Å². The maximum atomic E-state index is 8.99. The SMILES string of the molecule is CC(C)CN1CN(C)C(=S)C(C(=NCC2CCN(C(C)C)CC2)Nc2ccccc2)C1=N. The van der Waals surface area contributed by atoms with Crippen molar-refractivity contribution < 1.29 is 0 Å². The normalized spacial score (nSPS) is 21.7. The Kier molecular flexibility index (Phi) is 8.65. The van der Waals surface area contributed by atoms with Crippen LogP contribution in [0.1, 0.15) is 40.5 Å². The highest BCUT2D eigenvalue weighted by Crippen LogP contribution is 2.23. The number of amidine groups is 2. The van der Waals surface area contributed by atoms with Crippen LogP contribution in [0.5, 0.6) is 0 Å². The number of anilines is 1. The molecule has 0 aliphatic carbocycles. The lowest BCUT2D eigenvalue weighted by atomic mass is 9.95. The summed E-state index contributed by atoms with van der Waals surface area (Å²) in [7, 11) is 2.02. The molecule has 1 atom stereocenters. The number of likely N-dealkylation sites (tertiary alicyclic amines) is 1. The molecule has 1 aromatic rings. The number of para-hydroxylation sites is 1. The minimum atomic E-state index is -0.321. The number of nitrogens with zero attached hydrogens (tertiary/aromatic N) is 4. The predicted molar refractivity (Wildman–Crippen MR) is 140 cm³/mol. The van der Waals surface area contributed by atoms with E-state index in [1.165, 1.54) is 12.8 Å². The van der Waals surface area contributed by atoms with Crippen LogP contribution in [0.4, 0.5) is 5.69 Å². The highest BCUT2D eigenvalue weighted by molar-refractivity contribution is 7.80. The Morgan fingerprint density at radius 1 is 1.16 bits per heavy atom. The van der Waals surface area contributed by atoms with Crippen LogP contribution in [0.15, 0.2) is 35.3 Å². The van der Waals surface area contributed by atoms with E-state index < -0.39 is 0 Å². The molecule has 0 radical (unpaired) electrons. The molecule has 0 saturated carbocycles. The van der Waals surface area contributed by atoms with Gasteiger partial charge in [0.2, 0.25) is 0 Å². The zero-order chi connectivity index (χ0) is 23.3. The molecule has 2 fully saturated rings.